The molecule has 0 saturated carbocycles. The van der Waals surface area contributed by atoms with Crippen LogP contribution in [-0.4, -0.2) is 19.0 Å². The number of anilines is 1. The lowest BCUT2D eigenvalue weighted by Gasteiger charge is -2.09. The molecule has 2 N–H and O–H groups in total. The van der Waals surface area contributed by atoms with Crippen molar-refractivity contribution in [2.24, 2.45) is 0 Å². The van der Waals surface area contributed by atoms with E-state index in [0.29, 0.717) is 6.54 Å². The molecule has 0 heterocycles. The smallest absolute Gasteiger partial charge is 0.239 e. The second-order valence-corrected chi connectivity index (χ2v) is 5.63. The molecule has 0 saturated heterocycles. The van der Waals surface area contributed by atoms with Gasteiger partial charge < -0.3 is 10.6 Å². The molecule has 0 unspecified atom stereocenters. The molecule has 0 aliphatic heterocycles. The molecule has 1 amide bonds. The van der Waals surface area contributed by atoms with E-state index in [2.05, 4.69) is 38.7 Å². The summed E-state index contributed by atoms with van der Waals surface area (Å²) in [6.45, 7) is 0.985. The summed E-state index contributed by atoms with van der Waals surface area (Å²) in [6, 6.07) is 18.1. The van der Waals surface area contributed by atoms with Gasteiger partial charge in [0.25, 0.3) is 0 Å². The molecule has 0 bridgehead atoms. The highest BCUT2D eigenvalue weighted by Gasteiger charge is 2.02. The first-order valence-corrected chi connectivity index (χ1v) is 7.84. The Bertz CT molecular complexity index is 572. The third-order valence-corrected chi connectivity index (χ3v) is 3.81. The number of halogens is 1. The molecule has 0 atom stereocenters. The minimum atomic E-state index is 0.0128. The number of benzene rings is 2. The number of nitrogens with one attached hydrogen (secondary N) is 2. The Kier molecular flexibility index (Phi) is 6.28. The van der Waals surface area contributed by atoms with Gasteiger partial charge in [0.15, 0.2) is 0 Å². The van der Waals surface area contributed by atoms with E-state index in [1.54, 1.807) is 0 Å². The van der Waals surface area contributed by atoms with Crippen LogP contribution in [-0.2, 0) is 11.2 Å². The number of rotatable bonds is 7. The highest BCUT2D eigenvalue weighted by atomic mass is 79.9. The molecule has 4 heteroatoms. The molecule has 21 heavy (non-hydrogen) atoms. The lowest BCUT2D eigenvalue weighted by atomic mass is 10.1. The number of hydrogen-bond donors (Lipinski definition) is 2. The highest BCUT2D eigenvalue weighted by Crippen LogP contribution is 2.20. The fourth-order valence-corrected chi connectivity index (χ4v) is 2.43. The van der Waals surface area contributed by atoms with Gasteiger partial charge in [-0.3, -0.25) is 4.79 Å². The summed E-state index contributed by atoms with van der Waals surface area (Å²) < 4.78 is 0.960. The van der Waals surface area contributed by atoms with Crippen molar-refractivity contribution in [3.05, 3.63) is 64.6 Å². The predicted molar refractivity (Wildman–Crippen MR) is 90.4 cm³/mol. The Morgan fingerprint density at radius 1 is 1.00 bits per heavy atom. The van der Waals surface area contributed by atoms with Gasteiger partial charge in [0, 0.05) is 16.7 Å². The number of hydrogen-bond acceptors (Lipinski definition) is 2. The van der Waals surface area contributed by atoms with Crippen LogP contribution >= 0.6 is 15.9 Å². The number of amides is 1. The van der Waals surface area contributed by atoms with Crippen molar-refractivity contribution in [1.29, 1.82) is 0 Å². The minimum Gasteiger partial charge on any atom is -0.375 e. The van der Waals surface area contributed by atoms with Gasteiger partial charge >= 0.3 is 0 Å². The Labute approximate surface area is 133 Å². The Balaban J connectivity index is 1.63. The number of aryl methyl sites for hydroxylation is 1. The van der Waals surface area contributed by atoms with E-state index in [9.17, 15) is 4.79 Å². The van der Waals surface area contributed by atoms with Crippen LogP contribution in [0.15, 0.2) is 59.1 Å². The summed E-state index contributed by atoms with van der Waals surface area (Å²) in [4.78, 5) is 11.8. The number of para-hydroxylation sites is 1. The van der Waals surface area contributed by atoms with Gasteiger partial charge in [-0.05, 0) is 46.5 Å². The summed E-state index contributed by atoms with van der Waals surface area (Å²) in [5, 5.41) is 6.04. The van der Waals surface area contributed by atoms with Crippen molar-refractivity contribution in [3.63, 3.8) is 0 Å². The zero-order valence-electron chi connectivity index (χ0n) is 11.8. The molecule has 0 spiro atoms. The molecular weight excluding hydrogens is 328 g/mol. The van der Waals surface area contributed by atoms with Crippen LogP contribution in [0.25, 0.3) is 0 Å². The maximum Gasteiger partial charge on any atom is 0.239 e. The Morgan fingerprint density at radius 2 is 1.71 bits per heavy atom. The molecule has 3 nitrogen and oxygen atoms in total. The summed E-state index contributed by atoms with van der Waals surface area (Å²) in [7, 11) is 0. The van der Waals surface area contributed by atoms with E-state index in [4.69, 9.17) is 0 Å². The van der Waals surface area contributed by atoms with E-state index in [0.717, 1.165) is 23.0 Å². The molecule has 0 radical (unpaired) electrons. The lowest BCUT2D eigenvalue weighted by Crippen LogP contribution is -2.30. The van der Waals surface area contributed by atoms with Crippen molar-refractivity contribution < 1.29 is 4.79 Å². The summed E-state index contributed by atoms with van der Waals surface area (Å²) in [5.41, 5.74) is 2.23. The average Bonchev–Trinajstić information content (AvgIpc) is 2.52. The topological polar surface area (TPSA) is 41.1 Å². The monoisotopic (exact) mass is 346 g/mol. The first-order chi connectivity index (χ1) is 10.3. The zero-order valence-corrected chi connectivity index (χ0v) is 13.4. The summed E-state index contributed by atoms with van der Waals surface area (Å²) in [6.07, 6.45) is 1.93. The number of carbonyl (C=O) groups is 1. The van der Waals surface area contributed by atoms with Gasteiger partial charge in [0.2, 0.25) is 5.91 Å². The fourth-order valence-electron chi connectivity index (χ4n) is 2.01. The summed E-state index contributed by atoms with van der Waals surface area (Å²) >= 11 is 3.44. The van der Waals surface area contributed by atoms with E-state index < -0.39 is 0 Å². The Morgan fingerprint density at radius 3 is 2.48 bits per heavy atom. The summed E-state index contributed by atoms with van der Waals surface area (Å²) in [5.74, 6) is 0.0128. The number of carbonyl (C=O) groups excluding carboxylic acids is 1. The van der Waals surface area contributed by atoms with Gasteiger partial charge in [0.1, 0.15) is 0 Å². The van der Waals surface area contributed by atoms with Crippen LogP contribution in [0.5, 0.6) is 0 Å². The second-order valence-electron chi connectivity index (χ2n) is 4.77. The van der Waals surface area contributed by atoms with Crippen LogP contribution in [0.1, 0.15) is 12.0 Å². The largest absolute Gasteiger partial charge is 0.375 e. The third-order valence-electron chi connectivity index (χ3n) is 3.12. The van der Waals surface area contributed by atoms with E-state index >= 15 is 0 Å². The van der Waals surface area contributed by atoms with Gasteiger partial charge in [-0.1, -0.05) is 42.5 Å². The lowest BCUT2D eigenvalue weighted by molar-refractivity contribution is -0.119. The van der Waals surface area contributed by atoms with Crippen molar-refractivity contribution >= 4 is 27.5 Å². The molecule has 0 fully saturated rings. The molecule has 0 aliphatic rings. The maximum absolute atomic E-state index is 11.8. The zero-order chi connectivity index (χ0) is 14.9. The van der Waals surface area contributed by atoms with E-state index in [1.165, 1.54) is 5.56 Å². The minimum absolute atomic E-state index is 0.0128. The van der Waals surface area contributed by atoms with Gasteiger partial charge in [-0.2, -0.15) is 0 Å². The quantitative estimate of drug-likeness (QED) is 0.752. The Hall–Kier alpha value is -1.81. The van der Waals surface area contributed by atoms with Crippen molar-refractivity contribution in [2.45, 2.75) is 12.8 Å². The molecular formula is C17H19BrN2O. The average molecular weight is 347 g/mol. The maximum atomic E-state index is 11.8. The first-order valence-electron chi connectivity index (χ1n) is 7.05. The van der Waals surface area contributed by atoms with Gasteiger partial charge in [-0.15, -0.1) is 0 Å². The molecule has 2 aromatic rings. The van der Waals surface area contributed by atoms with Crippen molar-refractivity contribution in [2.75, 3.05) is 18.4 Å². The van der Waals surface area contributed by atoms with Crippen LogP contribution < -0.4 is 10.6 Å². The van der Waals surface area contributed by atoms with E-state index in [-0.39, 0.29) is 12.5 Å². The molecule has 0 aromatic heterocycles. The van der Waals surface area contributed by atoms with E-state index in [1.807, 2.05) is 42.5 Å². The molecule has 0 aliphatic carbocycles. The van der Waals surface area contributed by atoms with Crippen LogP contribution in [0.3, 0.4) is 0 Å². The molecule has 2 aromatic carbocycles. The van der Waals surface area contributed by atoms with Crippen molar-refractivity contribution in [1.82, 2.24) is 5.32 Å². The van der Waals surface area contributed by atoms with Crippen LogP contribution in [0.4, 0.5) is 5.69 Å². The molecule has 110 valence electrons. The highest BCUT2D eigenvalue weighted by molar-refractivity contribution is 9.10. The van der Waals surface area contributed by atoms with Crippen LogP contribution in [0.2, 0.25) is 0 Å². The SMILES string of the molecule is O=C(CNc1ccccc1Br)NCCCc1ccccc1. The fraction of sp³-hybridized carbons (Fsp3) is 0.235. The third kappa shape index (κ3) is 5.60. The normalized spacial score (nSPS) is 10.1. The van der Waals surface area contributed by atoms with Gasteiger partial charge in [0.05, 0.1) is 6.54 Å². The standard InChI is InChI=1S/C17H19BrN2O/c18-15-10-4-5-11-16(15)20-13-17(21)19-12-6-9-14-7-2-1-3-8-14/h1-5,7-8,10-11,20H,6,9,12-13H2,(H,19,21). The second kappa shape index (κ2) is 8.47. The van der Waals surface area contributed by atoms with Gasteiger partial charge in [-0.25, -0.2) is 0 Å². The first kappa shape index (κ1) is 15.6. The van der Waals surface area contributed by atoms with Crippen LogP contribution in [0, 0.1) is 0 Å². The van der Waals surface area contributed by atoms with Crippen molar-refractivity contribution in [3.8, 4) is 0 Å². The molecule has 2 rings (SSSR count). The predicted octanol–water partition coefficient (Wildman–Crippen LogP) is 3.61.